The van der Waals surface area contributed by atoms with Gasteiger partial charge in [0.15, 0.2) is 11.5 Å². The van der Waals surface area contributed by atoms with Gasteiger partial charge in [-0.25, -0.2) is 0 Å². The molecule has 0 spiro atoms. The second-order valence-electron chi connectivity index (χ2n) is 7.70. The Bertz CT molecular complexity index is 1510. The van der Waals surface area contributed by atoms with Crippen molar-refractivity contribution in [2.45, 2.75) is 0 Å². The first-order valence-electron chi connectivity index (χ1n) is 11.0. The molecule has 0 saturated carbocycles. The molecule has 0 aliphatic carbocycles. The Morgan fingerprint density at radius 1 is 0.914 bits per heavy atom. The van der Waals surface area contributed by atoms with E-state index in [-0.39, 0.29) is 12.5 Å². The molecule has 176 valence electrons. The summed E-state index contributed by atoms with van der Waals surface area (Å²) < 4.78 is 18.1. The monoisotopic (exact) mass is 469 g/mol. The number of fused-ring (bicyclic) bond motifs is 2. The number of hydrogen-bond acceptors (Lipinski definition) is 7. The number of hydrogen-bond donors (Lipinski definition) is 1. The van der Waals surface area contributed by atoms with E-state index < -0.39 is 0 Å². The fourth-order valence-corrected chi connectivity index (χ4v) is 3.75. The second kappa shape index (κ2) is 9.68. The molecule has 9 heteroatoms. The number of nitrogens with zero attached hydrogens (tertiary/aromatic N) is 4. The molecule has 1 N–H and O–H groups in total. The Morgan fingerprint density at radius 2 is 1.77 bits per heavy atom. The van der Waals surface area contributed by atoms with Gasteiger partial charge >= 0.3 is 0 Å². The van der Waals surface area contributed by atoms with Crippen LogP contribution in [0.3, 0.4) is 0 Å². The van der Waals surface area contributed by atoms with Crippen LogP contribution in [-0.4, -0.2) is 53.1 Å². The number of ether oxygens (including phenoxy) is 3. The van der Waals surface area contributed by atoms with Gasteiger partial charge in [0.05, 0.1) is 26.3 Å². The normalized spacial score (nSPS) is 10.9. The minimum atomic E-state index is -0.157. The lowest BCUT2D eigenvalue weighted by molar-refractivity contribution is 0.0946. The Kier molecular flexibility index (Phi) is 6.13. The van der Waals surface area contributed by atoms with Crippen LogP contribution in [0, 0.1) is 0 Å². The summed E-state index contributed by atoms with van der Waals surface area (Å²) in [6, 6.07) is 22.5. The van der Waals surface area contributed by atoms with E-state index in [4.69, 9.17) is 14.2 Å². The van der Waals surface area contributed by atoms with Gasteiger partial charge in [0.2, 0.25) is 5.88 Å². The minimum Gasteiger partial charge on any atom is -0.497 e. The van der Waals surface area contributed by atoms with E-state index in [1.165, 1.54) is 0 Å². The summed E-state index contributed by atoms with van der Waals surface area (Å²) in [4.78, 5) is 12.5. The highest BCUT2D eigenvalue weighted by atomic mass is 16.5. The van der Waals surface area contributed by atoms with Crippen molar-refractivity contribution in [3.63, 3.8) is 0 Å². The fourth-order valence-electron chi connectivity index (χ4n) is 3.75. The molecule has 0 radical (unpaired) electrons. The molecule has 0 unspecified atom stereocenters. The van der Waals surface area contributed by atoms with Crippen molar-refractivity contribution in [1.29, 1.82) is 0 Å². The third kappa shape index (κ3) is 4.56. The number of methoxy groups -OCH3 is 2. The zero-order valence-electron chi connectivity index (χ0n) is 19.3. The van der Waals surface area contributed by atoms with Gasteiger partial charge in [0, 0.05) is 17.7 Å². The lowest BCUT2D eigenvalue weighted by Crippen LogP contribution is -2.28. The minimum absolute atomic E-state index is 0.157. The lowest BCUT2D eigenvalue weighted by atomic mass is 10.1. The molecule has 0 saturated heterocycles. The van der Waals surface area contributed by atoms with E-state index in [1.807, 2.05) is 54.6 Å². The molecule has 3 aromatic carbocycles. The molecule has 0 atom stereocenters. The zero-order chi connectivity index (χ0) is 24.2. The number of benzene rings is 3. The molecule has 0 fully saturated rings. The molecule has 5 rings (SSSR count). The summed E-state index contributed by atoms with van der Waals surface area (Å²) in [7, 11) is 3.17. The number of carbonyl (C=O) groups is 1. The summed E-state index contributed by atoms with van der Waals surface area (Å²) >= 11 is 0. The van der Waals surface area contributed by atoms with E-state index in [0.717, 1.165) is 10.8 Å². The molecule has 9 nitrogen and oxygen atoms in total. The maximum Gasteiger partial charge on any atom is 0.251 e. The van der Waals surface area contributed by atoms with Crippen LogP contribution < -0.4 is 19.5 Å². The number of aromatic nitrogens is 4. The summed E-state index contributed by atoms with van der Waals surface area (Å²) in [6.07, 6.45) is 0. The molecule has 1 amide bonds. The highest BCUT2D eigenvalue weighted by Gasteiger charge is 2.16. The standard InChI is InChI=1S/C26H23N5O4/c1-33-20-9-10-21(22(16-20)34-2)25-29-28-23-11-12-24(30-31(23)25)35-14-13-27-26(32)19-8-7-17-5-3-4-6-18(17)15-19/h3-12,15-16H,13-14H2,1-2H3,(H,27,32). The molecule has 0 aliphatic heterocycles. The summed E-state index contributed by atoms with van der Waals surface area (Å²) in [5.74, 6) is 1.99. The first kappa shape index (κ1) is 22.1. The molecular weight excluding hydrogens is 446 g/mol. The van der Waals surface area contributed by atoms with Crippen molar-refractivity contribution >= 4 is 22.3 Å². The third-order valence-corrected chi connectivity index (χ3v) is 5.54. The Hall–Kier alpha value is -4.66. The first-order chi connectivity index (χ1) is 17.2. The van der Waals surface area contributed by atoms with Crippen LogP contribution in [0.4, 0.5) is 0 Å². The summed E-state index contributed by atoms with van der Waals surface area (Å²) in [6.45, 7) is 0.577. The largest absolute Gasteiger partial charge is 0.497 e. The maximum atomic E-state index is 12.5. The van der Waals surface area contributed by atoms with Crippen molar-refractivity contribution in [3.05, 3.63) is 78.4 Å². The van der Waals surface area contributed by atoms with Crippen LogP contribution in [0.5, 0.6) is 17.4 Å². The quantitative estimate of drug-likeness (QED) is 0.345. The van der Waals surface area contributed by atoms with Crippen molar-refractivity contribution in [2.24, 2.45) is 0 Å². The Morgan fingerprint density at radius 3 is 2.60 bits per heavy atom. The lowest BCUT2D eigenvalue weighted by Gasteiger charge is -2.10. The average molecular weight is 470 g/mol. The van der Waals surface area contributed by atoms with Gasteiger partial charge in [-0.05, 0) is 41.1 Å². The topological polar surface area (TPSA) is 99.9 Å². The molecule has 0 aliphatic rings. The molecule has 2 heterocycles. The van der Waals surface area contributed by atoms with Gasteiger partial charge in [0.1, 0.15) is 18.1 Å². The van der Waals surface area contributed by atoms with E-state index >= 15 is 0 Å². The van der Waals surface area contributed by atoms with Gasteiger partial charge in [-0.15, -0.1) is 15.3 Å². The first-order valence-corrected chi connectivity index (χ1v) is 11.0. The van der Waals surface area contributed by atoms with E-state index in [9.17, 15) is 4.79 Å². The number of nitrogens with one attached hydrogen (secondary N) is 1. The van der Waals surface area contributed by atoms with Crippen molar-refractivity contribution in [1.82, 2.24) is 25.1 Å². The zero-order valence-corrected chi connectivity index (χ0v) is 19.3. The van der Waals surface area contributed by atoms with E-state index in [0.29, 0.717) is 46.5 Å². The van der Waals surface area contributed by atoms with Gasteiger partial charge in [-0.3, -0.25) is 4.79 Å². The van der Waals surface area contributed by atoms with Crippen LogP contribution in [0.15, 0.2) is 72.8 Å². The van der Waals surface area contributed by atoms with Crippen LogP contribution in [0.2, 0.25) is 0 Å². The van der Waals surface area contributed by atoms with Crippen LogP contribution >= 0.6 is 0 Å². The maximum absolute atomic E-state index is 12.5. The SMILES string of the molecule is COc1ccc(-c2nnc3ccc(OCCNC(=O)c4ccc5ccccc5c4)nn23)c(OC)c1. The van der Waals surface area contributed by atoms with Gasteiger partial charge in [-0.2, -0.15) is 4.52 Å². The Labute approximate surface area is 201 Å². The summed E-state index contributed by atoms with van der Waals surface area (Å²) in [5.41, 5.74) is 1.88. The van der Waals surface area contributed by atoms with E-state index in [2.05, 4.69) is 20.6 Å². The molecule has 35 heavy (non-hydrogen) atoms. The molecule has 0 bridgehead atoms. The van der Waals surface area contributed by atoms with Crippen LogP contribution in [-0.2, 0) is 0 Å². The Balaban J connectivity index is 1.26. The van der Waals surface area contributed by atoms with Crippen molar-refractivity contribution < 1.29 is 19.0 Å². The van der Waals surface area contributed by atoms with Gasteiger partial charge in [-0.1, -0.05) is 30.3 Å². The smallest absolute Gasteiger partial charge is 0.251 e. The highest BCUT2D eigenvalue weighted by Crippen LogP contribution is 2.32. The number of amides is 1. The van der Waals surface area contributed by atoms with E-state index in [1.54, 1.807) is 36.9 Å². The predicted molar refractivity (Wildman–Crippen MR) is 131 cm³/mol. The number of carbonyl (C=O) groups excluding carboxylic acids is 1. The fraction of sp³-hybridized carbons (Fsp3) is 0.154. The average Bonchev–Trinajstić information content (AvgIpc) is 3.33. The number of rotatable bonds is 8. The van der Waals surface area contributed by atoms with Crippen molar-refractivity contribution in [3.8, 4) is 28.8 Å². The summed E-state index contributed by atoms with van der Waals surface area (Å²) in [5, 5.41) is 17.9. The predicted octanol–water partition coefficient (Wildman–Crippen LogP) is 3.77. The van der Waals surface area contributed by atoms with Crippen LogP contribution in [0.1, 0.15) is 10.4 Å². The van der Waals surface area contributed by atoms with Crippen molar-refractivity contribution in [2.75, 3.05) is 27.4 Å². The van der Waals surface area contributed by atoms with Gasteiger partial charge < -0.3 is 19.5 Å². The molecule has 5 aromatic rings. The van der Waals surface area contributed by atoms with Crippen LogP contribution in [0.25, 0.3) is 27.8 Å². The molecule has 2 aromatic heterocycles. The van der Waals surface area contributed by atoms with Gasteiger partial charge in [0.25, 0.3) is 5.91 Å². The highest BCUT2D eigenvalue weighted by molar-refractivity contribution is 5.98. The second-order valence-corrected chi connectivity index (χ2v) is 7.70. The third-order valence-electron chi connectivity index (χ3n) is 5.54. The molecular formula is C26H23N5O4.